The molecule has 0 spiro atoms. The molecule has 32 heavy (non-hydrogen) atoms. The summed E-state index contributed by atoms with van der Waals surface area (Å²) >= 11 is 5.82. The Morgan fingerprint density at radius 1 is 0.969 bits per heavy atom. The number of nitrogens with zero attached hydrogens (tertiary/aromatic N) is 1. The maximum atomic E-state index is 12.6. The molecule has 0 aliphatic carbocycles. The average Bonchev–Trinajstić information content (AvgIpc) is 3.09. The van der Waals surface area contributed by atoms with Crippen LogP contribution in [0, 0.1) is 0 Å². The van der Waals surface area contributed by atoms with Crippen molar-refractivity contribution >= 4 is 46.8 Å². The number of para-hydroxylation sites is 1. The van der Waals surface area contributed by atoms with Gasteiger partial charge in [-0.25, -0.2) is 5.01 Å². The molecule has 0 aromatic heterocycles. The quantitative estimate of drug-likeness (QED) is 0.444. The summed E-state index contributed by atoms with van der Waals surface area (Å²) in [4.78, 5) is 36.9. The van der Waals surface area contributed by atoms with Gasteiger partial charge in [-0.15, -0.1) is 0 Å². The van der Waals surface area contributed by atoms with E-state index >= 15 is 0 Å². The van der Waals surface area contributed by atoms with Gasteiger partial charge in [-0.1, -0.05) is 41.9 Å². The SMILES string of the molecule is O=C(COc1ccc(/C=C2/C(=O)NN(c3ccccc3)C2=O)cc1)Nc1ccc(Cl)cc1. The van der Waals surface area contributed by atoms with Gasteiger partial charge in [-0.05, 0) is 60.2 Å². The first-order valence-electron chi connectivity index (χ1n) is 9.70. The van der Waals surface area contributed by atoms with Crippen molar-refractivity contribution in [2.24, 2.45) is 0 Å². The van der Waals surface area contributed by atoms with Crippen LogP contribution in [0.15, 0.2) is 84.4 Å². The molecule has 3 aromatic carbocycles. The maximum absolute atomic E-state index is 12.6. The molecule has 2 N–H and O–H groups in total. The van der Waals surface area contributed by atoms with Gasteiger partial charge >= 0.3 is 0 Å². The van der Waals surface area contributed by atoms with Crippen molar-refractivity contribution in [1.29, 1.82) is 0 Å². The van der Waals surface area contributed by atoms with E-state index in [-0.39, 0.29) is 18.1 Å². The molecule has 1 fully saturated rings. The number of amides is 3. The molecule has 1 aliphatic rings. The second-order valence-corrected chi connectivity index (χ2v) is 7.32. The summed E-state index contributed by atoms with van der Waals surface area (Å²) in [6.07, 6.45) is 1.51. The number of rotatable bonds is 6. The van der Waals surface area contributed by atoms with Gasteiger partial charge in [0.05, 0.1) is 5.69 Å². The number of carbonyl (C=O) groups is 3. The molecule has 8 heteroatoms. The first-order valence-corrected chi connectivity index (χ1v) is 10.1. The van der Waals surface area contributed by atoms with Crippen molar-refractivity contribution in [2.75, 3.05) is 16.9 Å². The van der Waals surface area contributed by atoms with Crippen LogP contribution in [0.5, 0.6) is 5.75 Å². The van der Waals surface area contributed by atoms with E-state index < -0.39 is 11.8 Å². The molecule has 0 atom stereocenters. The largest absolute Gasteiger partial charge is 0.484 e. The molecule has 7 nitrogen and oxygen atoms in total. The highest BCUT2D eigenvalue weighted by Crippen LogP contribution is 2.22. The molecule has 3 aromatic rings. The van der Waals surface area contributed by atoms with Gasteiger partial charge in [-0.3, -0.25) is 19.8 Å². The number of ether oxygens (including phenoxy) is 1. The number of anilines is 2. The molecule has 4 rings (SSSR count). The van der Waals surface area contributed by atoms with Crippen molar-refractivity contribution in [1.82, 2.24) is 5.43 Å². The molecule has 160 valence electrons. The first kappa shape index (κ1) is 21.1. The van der Waals surface area contributed by atoms with Crippen LogP contribution < -0.4 is 20.5 Å². The van der Waals surface area contributed by atoms with Gasteiger partial charge in [0.15, 0.2) is 6.61 Å². The molecular weight excluding hydrogens is 430 g/mol. The zero-order valence-electron chi connectivity index (χ0n) is 16.7. The van der Waals surface area contributed by atoms with E-state index in [9.17, 15) is 14.4 Å². The predicted molar refractivity (Wildman–Crippen MR) is 122 cm³/mol. The minimum Gasteiger partial charge on any atom is -0.484 e. The number of hydrogen-bond acceptors (Lipinski definition) is 4. The molecule has 0 bridgehead atoms. The Morgan fingerprint density at radius 3 is 2.34 bits per heavy atom. The second-order valence-electron chi connectivity index (χ2n) is 6.89. The first-order chi connectivity index (χ1) is 15.5. The van der Waals surface area contributed by atoms with Crippen LogP contribution in [0.1, 0.15) is 5.56 Å². The van der Waals surface area contributed by atoms with Crippen molar-refractivity contribution in [3.63, 3.8) is 0 Å². The van der Waals surface area contributed by atoms with Crippen molar-refractivity contribution in [2.45, 2.75) is 0 Å². The number of carbonyl (C=O) groups excluding carboxylic acids is 3. The van der Waals surface area contributed by atoms with E-state index in [4.69, 9.17) is 16.3 Å². The van der Waals surface area contributed by atoms with Gasteiger partial charge in [0.1, 0.15) is 11.3 Å². The average molecular weight is 448 g/mol. The van der Waals surface area contributed by atoms with E-state index in [2.05, 4.69) is 10.7 Å². The van der Waals surface area contributed by atoms with E-state index in [0.717, 1.165) is 0 Å². The number of halogens is 1. The summed E-state index contributed by atoms with van der Waals surface area (Å²) in [6, 6.07) is 22.3. The third kappa shape index (κ3) is 4.96. The topological polar surface area (TPSA) is 87.7 Å². The lowest BCUT2D eigenvalue weighted by Gasteiger charge is -2.13. The van der Waals surface area contributed by atoms with Crippen LogP contribution in [-0.4, -0.2) is 24.3 Å². The van der Waals surface area contributed by atoms with Crippen LogP contribution in [-0.2, 0) is 14.4 Å². The summed E-state index contributed by atoms with van der Waals surface area (Å²) in [5.74, 6) is -0.738. The fourth-order valence-electron chi connectivity index (χ4n) is 3.02. The summed E-state index contributed by atoms with van der Waals surface area (Å²) < 4.78 is 5.49. The zero-order valence-corrected chi connectivity index (χ0v) is 17.5. The highest BCUT2D eigenvalue weighted by Gasteiger charge is 2.34. The lowest BCUT2D eigenvalue weighted by Crippen LogP contribution is -2.35. The molecule has 1 saturated heterocycles. The monoisotopic (exact) mass is 447 g/mol. The standard InChI is InChI=1S/C24H18ClN3O4/c25-17-8-10-18(11-9-17)26-22(29)15-32-20-12-6-16(7-13-20)14-21-23(30)27-28(24(21)31)19-4-2-1-3-5-19/h1-14H,15H2,(H,26,29)(H,27,30)/b21-14-. The van der Waals surface area contributed by atoms with Crippen molar-refractivity contribution in [3.05, 3.63) is 95.0 Å². The van der Waals surface area contributed by atoms with Gasteiger partial charge in [0.25, 0.3) is 17.7 Å². The number of nitrogens with one attached hydrogen (secondary N) is 2. The van der Waals surface area contributed by atoms with Gasteiger partial charge in [0, 0.05) is 10.7 Å². The number of benzene rings is 3. The Morgan fingerprint density at radius 2 is 1.66 bits per heavy atom. The Labute approximate surface area is 189 Å². The molecule has 1 heterocycles. The van der Waals surface area contributed by atoms with Crippen LogP contribution in [0.2, 0.25) is 5.02 Å². The minimum absolute atomic E-state index is 0.0323. The summed E-state index contributed by atoms with van der Waals surface area (Å²) in [6.45, 7) is -0.171. The summed E-state index contributed by atoms with van der Waals surface area (Å²) in [7, 11) is 0. The second kappa shape index (κ2) is 9.36. The van der Waals surface area contributed by atoms with Crippen molar-refractivity contribution in [3.8, 4) is 5.75 Å². The molecular formula is C24H18ClN3O4. The lowest BCUT2D eigenvalue weighted by molar-refractivity contribution is -0.118. The Kier molecular flexibility index (Phi) is 6.19. The van der Waals surface area contributed by atoms with Crippen LogP contribution in [0.25, 0.3) is 6.08 Å². The van der Waals surface area contributed by atoms with Crippen molar-refractivity contribution < 1.29 is 19.1 Å². The van der Waals surface area contributed by atoms with E-state index in [1.54, 1.807) is 72.8 Å². The minimum atomic E-state index is -0.474. The predicted octanol–water partition coefficient (Wildman–Crippen LogP) is 3.82. The summed E-state index contributed by atoms with van der Waals surface area (Å²) in [5.41, 5.74) is 4.44. The third-order valence-electron chi connectivity index (χ3n) is 4.59. The van der Waals surface area contributed by atoms with Gasteiger partial charge in [0.2, 0.25) is 0 Å². The van der Waals surface area contributed by atoms with E-state index in [1.165, 1.54) is 11.1 Å². The highest BCUT2D eigenvalue weighted by molar-refractivity contribution is 6.31. The molecule has 0 radical (unpaired) electrons. The van der Waals surface area contributed by atoms with Crippen LogP contribution in [0.4, 0.5) is 11.4 Å². The normalized spacial score (nSPS) is 14.4. The Hall–Kier alpha value is -4.10. The molecule has 0 unspecified atom stereocenters. The van der Waals surface area contributed by atoms with Crippen LogP contribution in [0.3, 0.4) is 0 Å². The molecule has 3 amide bonds. The lowest BCUT2D eigenvalue weighted by atomic mass is 10.1. The van der Waals surface area contributed by atoms with Gasteiger partial charge < -0.3 is 10.1 Å². The Balaban J connectivity index is 1.36. The number of hydrazine groups is 1. The summed E-state index contributed by atoms with van der Waals surface area (Å²) in [5, 5.41) is 4.50. The Bertz CT molecular complexity index is 1180. The zero-order chi connectivity index (χ0) is 22.5. The van der Waals surface area contributed by atoms with E-state index in [0.29, 0.717) is 27.7 Å². The van der Waals surface area contributed by atoms with Crippen LogP contribution >= 0.6 is 11.6 Å². The number of hydrogen-bond donors (Lipinski definition) is 2. The van der Waals surface area contributed by atoms with Gasteiger partial charge in [-0.2, -0.15) is 0 Å². The maximum Gasteiger partial charge on any atom is 0.282 e. The van der Waals surface area contributed by atoms with E-state index in [1.807, 2.05) is 6.07 Å². The molecule has 0 saturated carbocycles. The fourth-order valence-corrected chi connectivity index (χ4v) is 3.15. The third-order valence-corrected chi connectivity index (χ3v) is 4.85. The smallest absolute Gasteiger partial charge is 0.282 e. The highest BCUT2D eigenvalue weighted by atomic mass is 35.5. The molecule has 1 aliphatic heterocycles. The fraction of sp³-hybridized carbons (Fsp3) is 0.0417.